The summed E-state index contributed by atoms with van der Waals surface area (Å²) in [5, 5.41) is 12.1. The lowest BCUT2D eigenvalue weighted by Gasteiger charge is -1.95. The average Bonchev–Trinajstić information content (AvgIpc) is 2.75. The van der Waals surface area contributed by atoms with Gasteiger partial charge >= 0.3 is 0 Å². The fraction of sp³-hybridized carbons (Fsp3) is 0. The molecule has 2 rings (SSSR count). The molecular formula is C7H6N4OS2. The van der Waals surface area contributed by atoms with Crippen molar-refractivity contribution in [2.24, 2.45) is 0 Å². The number of hydrogen-bond acceptors (Lipinski definition) is 6. The van der Waals surface area contributed by atoms with Gasteiger partial charge in [-0.05, 0) is 6.07 Å². The van der Waals surface area contributed by atoms with E-state index in [1.807, 2.05) is 0 Å². The summed E-state index contributed by atoms with van der Waals surface area (Å²) in [6, 6.07) is 1.63. The molecule has 0 saturated heterocycles. The Bertz CT molecular complexity index is 436. The fourth-order valence-electron chi connectivity index (χ4n) is 0.856. The minimum Gasteiger partial charge on any atom is -0.398 e. The molecule has 0 unspecified atom stereocenters. The van der Waals surface area contributed by atoms with Gasteiger partial charge in [-0.1, -0.05) is 11.3 Å². The molecule has 7 heteroatoms. The summed E-state index contributed by atoms with van der Waals surface area (Å²) in [5.41, 5.74) is 7.64. The monoisotopic (exact) mass is 226 g/mol. The SMILES string of the molecule is Nc1csc(C(=O)Nc2nncs2)c1. The molecule has 0 fully saturated rings. The van der Waals surface area contributed by atoms with Crippen LogP contribution in [0.2, 0.25) is 0 Å². The first-order valence-electron chi connectivity index (χ1n) is 3.67. The molecule has 5 nitrogen and oxygen atoms in total. The van der Waals surface area contributed by atoms with Crippen LogP contribution < -0.4 is 11.1 Å². The molecule has 14 heavy (non-hydrogen) atoms. The van der Waals surface area contributed by atoms with Crippen LogP contribution in [0, 0.1) is 0 Å². The summed E-state index contributed by atoms with van der Waals surface area (Å²) >= 11 is 2.57. The molecule has 2 aromatic heterocycles. The number of thiophene rings is 1. The molecule has 2 heterocycles. The van der Waals surface area contributed by atoms with Crippen LogP contribution in [0.1, 0.15) is 9.67 Å². The molecule has 72 valence electrons. The second-order valence-electron chi connectivity index (χ2n) is 2.44. The Hall–Kier alpha value is -1.47. The van der Waals surface area contributed by atoms with Gasteiger partial charge in [-0.3, -0.25) is 10.1 Å². The zero-order valence-corrected chi connectivity index (χ0v) is 8.56. The van der Waals surface area contributed by atoms with E-state index in [-0.39, 0.29) is 5.91 Å². The second-order valence-corrected chi connectivity index (χ2v) is 4.19. The van der Waals surface area contributed by atoms with Crippen LogP contribution in [0.25, 0.3) is 0 Å². The van der Waals surface area contributed by atoms with Crippen molar-refractivity contribution >= 4 is 39.4 Å². The van der Waals surface area contributed by atoms with Gasteiger partial charge < -0.3 is 5.73 Å². The summed E-state index contributed by atoms with van der Waals surface area (Å²) < 4.78 is 0. The summed E-state index contributed by atoms with van der Waals surface area (Å²) in [7, 11) is 0. The lowest BCUT2D eigenvalue weighted by atomic mass is 10.4. The molecule has 0 spiro atoms. The van der Waals surface area contributed by atoms with Gasteiger partial charge in [0.25, 0.3) is 5.91 Å². The first-order chi connectivity index (χ1) is 6.75. The minimum atomic E-state index is -0.205. The molecule has 0 aliphatic heterocycles. The van der Waals surface area contributed by atoms with E-state index in [0.717, 1.165) is 0 Å². The number of nitrogen functional groups attached to an aromatic ring is 1. The van der Waals surface area contributed by atoms with Crippen molar-refractivity contribution in [2.45, 2.75) is 0 Å². The molecule has 0 aliphatic rings. The van der Waals surface area contributed by atoms with Gasteiger partial charge in [0, 0.05) is 11.1 Å². The maximum atomic E-state index is 11.5. The topological polar surface area (TPSA) is 80.9 Å². The molecule has 0 aliphatic carbocycles. The zero-order chi connectivity index (χ0) is 9.97. The molecule has 3 N–H and O–H groups in total. The van der Waals surface area contributed by atoms with Crippen molar-refractivity contribution < 1.29 is 4.79 Å². The van der Waals surface area contributed by atoms with E-state index < -0.39 is 0 Å². The molecule has 0 bridgehead atoms. The summed E-state index contributed by atoms with van der Waals surface area (Å²) in [4.78, 5) is 12.1. The largest absolute Gasteiger partial charge is 0.398 e. The Morgan fingerprint density at radius 3 is 2.93 bits per heavy atom. The highest BCUT2D eigenvalue weighted by atomic mass is 32.1. The van der Waals surface area contributed by atoms with Crippen molar-refractivity contribution in [3.05, 3.63) is 21.8 Å². The maximum Gasteiger partial charge on any atom is 0.267 e. The number of nitrogens with zero attached hydrogens (tertiary/aromatic N) is 2. The van der Waals surface area contributed by atoms with Gasteiger partial charge in [-0.15, -0.1) is 21.5 Å². The van der Waals surface area contributed by atoms with Crippen LogP contribution >= 0.6 is 22.7 Å². The van der Waals surface area contributed by atoms with Gasteiger partial charge in [0.15, 0.2) is 0 Å². The summed E-state index contributed by atoms with van der Waals surface area (Å²) in [6.07, 6.45) is 0. The van der Waals surface area contributed by atoms with E-state index in [1.54, 1.807) is 17.0 Å². The Balaban J connectivity index is 2.10. The quantitative estimate of drug-likeness (QED) is 0.811. The first-order valence-corrected chi connectivity index (χ1v) is 5.43. The maximum absolute atomic E-state index is 11.5. The van der Waals surface area contributed by atoms with Gasteiger partial charge in [0.05, 0.1) is 4.88 Å². The van der Waals surface area contributed by atoms with Crippen molar-refractivity contribution in [2.75, 3.05) is 11.1 Å². The lowest BCUT2D eigenvalue weighted by Crippen LogP contribution is -2.09. The van der Waals surface area contributed by atoms with Crippen LogP contribution in [0.4, 0.5) is 10.8 Å². The number of hydrogen-bond donors (Lipinski definition) is 2. The van der Waals surface area contributed by atoms with E-state index >= 15 is 0 Å². The summed E-state index contributed by atoms with van der Waals surface area (Å²) in [5.74, 6) is -0.205. The highest BCUT2D eigenvalue weighted by Gasteiger charge is 2.09. The predicted molar refractivity (Wildman–Crippen MR) is 56.6 cm³/mol. The molecule has 1 amide bonds. The molecular weight excluding hydrogens is 220 g/mol. The van der Waals surface area contributed by atoms with Gasteiger partial charge in [-0.25, -0.2) is 0 Å². The number of carbonyl (C=O) groups excluding carboxylic acids is 1. The van der Waals surface area contributed by atoms with Crippen LogP contribution in [0.15, 0.2) is 17.0 Å². The van der Waals surface area contributed by atoms with E-state index in [0.29, 0.717) is 15.7 Å². The number of nitrogens with two attached hydrogens (primary N) is 1. The highest BCUT2D eigenvalue weighted by molar-refractivity contribution is 7.14. The summed E-state index contributed by atoms with van der Waals surface area (Å²) in [6.45, 7) is 0. The third-order valence-corrected chi connectivity index (χ3v) is 2.98. The van der Waals surface area contributed by atoms with E-state index in [2.05, 4.69) is 15.5 Å². The third-order valence-electron chi connectivity index (χ3n) is 1.42. The fourth-order valence-corrected chi connectivity index (χ4v) is 1.99. The van der Waals surface area contributed by atoms with E-state index in [9.17, 15) is 4.79 Å². The van der Waals surface area contributed by atoms with Crippen LogP contribution in [0.5, 0.6) is 0 Å². The van der Waals surface area contributed by atoms with Gasteiger partial charge in [-0.2, -0.15) is 0 Å². The number of anilines is 2. The number of nitrogens with one attached hydrogen (secondary N) is 1. The van der Waals surface area contributed by atoms with E-state index in [1.165, 1.54) is 22.7 Å². The Morgan fingerprint density at radius 1 is 1.50 bits per heavy atom. The van der Waals surface area contributed by atoms with Crippen molar-refractivity contribution in [1.82, 2.24) is 10.2 Å². The van der Waals surface area contributed by atoms with Crippen LogP contribution in [-0.4, -0.2) is 16.1 Å². The Labute approximate surface area is 87.6 Å². The molecule has 0 aromatic carbocycles. The number of rotatable bonds is 2. The predicted octanol–water partition coefficient (Wildman–Crippen LogP) is 1.43. The standard InChI is InChI=1S/C7H6N4OS2/c8-4-1-5(13-2-4)6(12)10-7-11-9-3-14-7/h1-3H,8H2,(H,10,11,12). The molecule has 2 aromatic rings. The number of carbonyl (C=O) groups is 1. The third kappa shape index (κ3) is 1.88. The molecule has 0 radical (unpaired) electrons. The smallest absolute Gasteiger partial charge is 0.267 e. The average molecular weight is 226 g/mol. The van der Waals surface area contributed by atoms with Gasteiger partial charge in [0.1, 0.15) is 5.51 Å². The number of aromatic nitrogens is 2. The Morgan fingerprint density at radius 2 is 2.36 bits per heavy atom. The normalized spacial score (nSPS) is 10.0. The Kier molecular flexibility index (Phi) is 2.42. The zero-order valence-electron chi connectivity index (χ0n) is 6.93. The van der Waals surface area contributed by atoms with Gasteiger partial charge in [0.2, 0.25) is 5.13 Å². The highest BCUT2D eigenvalue weighted by Crippen LogP contribution is 2.18. The minimum absolute atomic E-state index is 0.205. The van der Waals surface area contributed by atoms with Crippen molar-refractivity contribution in [1.29, 1.82) is 0 Å². The van der Waals surface area contributed by atoms with Crippen molar-refractivity contribution in [3.8, 4) is 0 Å². The molecule has 0 saturated carbocycles. The molecule has 0 atom stereocenters. The lowest BCUT2D eigenvalue weighted by molar-refractivity contribution is 0.103. The van der Waals surface area contributed by atoms with Crippen LogP contribution in [0.3, 0.4) is 0 Å². The number of amides is 1. The van der Waals surface area contributed by atoms with Crippen LogP contribution in [-0.2, 0) is 0 Å². The van der Waals surface area contributed by atoms with E-state index in [4.69, 9.17) is 5.73 Å². The van der Waals surface area contributed by atoms with Crippen molar-refractivity contribution in [3.63, 3.8) is 0 Å². The second kappa shape index (κ2) is 3.72. The first kappa shape index (κ1) is 9.10.